The highest BCUT2D eigenvalue weighted by Crippen LogP contribution is 2.32. The van der Waals surface area contributed by atoms with E-state index in [2.05, 4.69) is 5.32 Å². The summed E-state index contributed by atoms with van der Waals surface area (Å²) in [5.41, 5.74) is 1.05. The number of amides is 1. The van der Waals surface area contributed by atoms with Gasteiger partial charge in [0.2, 0.25) is 5.91 Å². The van der Waals surface area contributed by atoms with Crippen molar-refractivity contribution in [3.8, 4) is 11.5 Å². The monoisotopic (exact) mass is 384 g/mol. The summed E-state index contributed by atoms with van der Waals surface area (Å²) < 4.78 is 24.7. The van der Waals surface area contributed by atoms with Gasteiger partial charge in [-0.25, -0.2) is 4.39 Å². The molecular weight excluding hydrogens is 359 g/mol. The highest BCUT2D eigenvalue weighted by molar-refractivity contribution is 5.78. The summed E-state index contributed by atoms with van der Waals surface area (Å²) in [4.78, 5) is 14.3. The summed E-state index contributed by atoms with van der Waals surface area (Å²) in [6.07, 6.45) is 2.21. The quantitative estimate of drug-likeness (QED) is 0.745. The summed E-state index contributed by atoms with van der Waals surface area (Å²) in [5, 5.41) is 3.38. The molecule has 0 spiro atoms. The molecule has 2 aromatic carbocycles. The van der Waals surface area contributed by atoms with Crippen LogP contribution < -0.4 is 14.8 Å². The number of fused-ring (bicyclic) bond motifs is 1. The van der Waals surface area contributed by atoms with Crippen LogP contribution in [0.15, 0.2) is 48.5 Å². The summed E-state index contributed by atoms with van der Waals surface area (Å²) in [7, 11) is 0. The second-order valence-corrected chi connectivity index (χ2v) is 7.33. The SMILES string of the molecule is O=C1CC[C@@H](CCNCc2ccc(F)cc2)N1C[C@@H]1COc2ccccc2O1. The van der Waals surface area contributed by atoms with Crippen molar-refractivity contribution in [2.24, 2.45) is 0 Å². The predicted molar refractivity (Wildman–Crippen MR) is 104 cm³/mol. The van der Waals surface area contributed by atoms with Crippen molar-refractivity contribution in [2.45, 2.75) is 38.0 Å². The molecule has 5 nitrogen and oxygen atoms in total. The molecule has 0 aliphatic carbocycles. The molecule has 2 aliphatic rings. The van der Waals surface area contributed by atoms with E-state index < -0.39 is 0 Å². The van der Waals surface area contributed by atoms with Crippen LogP contribution >= 0.6 is 0 Å². The summed E-state index contributed by atoms with van der Waals surface area (Å²) >= 11 is 0. The van der Waals surface area contributed by atoms with Gasteiger partial charge in [-0.1, -0.05) is 24.3 Å². The van der Waals surface area contributed by atoms with Gasteiger partial charge < -0.3 is 19.7 Å². The molecule has 1 fully saturated rings. The molecule has 4 rings (SSSR count). The molecule has 2 atom stereocenters. The molecule has 2 aromatic rings. The number of ether oxygens (including phenoxy) is 2. The van der Waals surface area contributed by atoms with Crippen molar-refractivity contribution in [1.82, 2.24) is 10.2 Å². The largest absolute Gasteiger partial charge is 0.486 e. The van der Waals surface area contributed by atoms with E-state index in [0.29, 0.717) is 26.1 Å². The minimum atomic E-state index is -0.222. The predicted octanol–water partition coefficient (Wildman–Crippen LogP) is 3.14. The van der Waals surface area contributed by atoms with Gasteiger partial charge in [0.15, 0.2) is 17.6 Å². The highest BCUT2D eigenvalue weighted by Gasteiger charge is 2.34. The Morgan fingerprint density at radius 2 is 1.89 bits per heavy atom. The molecule has 28 heavy (non-hydrogen) atoms. The van der Waals surface area contributed by atoms with Crippen LogP contribution in [0, 0.1) is 5.82 Å². The van der Waals surface area contributed by atoms with E-state index in [1.54, 1.807) is 12.1 Å². The van der Waals surface area contributed by atoms with Crippen LogP contribution in [0.1, 0.15) is 24.8 Å². The van der Waals surface area contributed by atoms with E-state index in [4.69, 9.17) is 9.47 Å². The Morgan fingerprint density at radius 3 is 2.71 bits per heavy atom. The third-order valence-electron chi connectivity index (χ3n) is 5.32. The first-order valence-electron chi connectivity index (χ1n) is 9.82. The van der Waals surface area contributed by atoms with Gasteiger partial charge in [0.1, 0.15) is 12.4 Å². The van der Waals surface area contributed by atoms with Crippen molar-refractivity contribution < 1.29 is 18.7 Å². The van der Waals surface area contributed by atoms with E-state index in [1.165, 1.54) is 12.1 Å². The molecule has 2 aliphatic heterocycles. The molecule has 0 saturated carbocycles. The molecule has 1 amide bonds. The Balaban J connectivity index is 1.26. The fourth-order valence-corrected chi connectivity index (χ4v) is 3.82. The number of hydrogen-bond acceptors (Lipinski definition) is 4. The smallest absolute Gasteiger partial charge is 0.223 e. The van der Waals surface area contributed by atoms with E-state index in [-0.39, 0.29) is 23.9 Å². The zero-order chi connectivity index (χ0) is 19.3. The average molecular weight is 384 g/mol. The summed E-state index contributed by atoms with van der Waals surface area (Å²) in [6.45, 7) is 2.50. The van der Waals surface area contributed by atoms with Gasteiger partial charge in [0.05, 0.1) is 6.54 Å². The Bertz CT molecular complexity index is 812. The minimum absolute atomic E-state index is 0.147. The molecule has 6 heteroatoms. The summed E-state index contributed by atoms with van der Waals surface area (Å²) in [5.74, 6) is 1.46. The lowest BCUT2D eigenvalue weighted by Crippen LogP contribution is -2.45. The minimum Gasteiger partial charge on any atom is -0.486 e. The van der Waals surface area contributed by atoms with Gasteiger partial charge in [-0.2, -0.15) is 0 Å². The van der Waals surface area contributed by atoms with Crippen LogP contribution in [-0.2, 0) is 11.3 Å². The molecule has 148 valence electrons. The maximum Gasteiger partial charge on any atom is 0.223 e. The Labute approximate surface area is 164 Å². The molecule has 1 N–H and O–H groups in total. The summed E-state index contributed by atoms with van der Waals surface area (Å²) in [6, 6.07) is 14.3. The van der Waals surface area contributed by atoms with Crippen molar-refractivity contribution in [3.05, 3.63) is 59.9 Å². The van der Waals surface area contributed by atoms with Crippen molar-refractivity contribution in [2.75, 3.05) is 19.7 Å². The number of likely N-dealkylation sites (tertiary alicyclic amines) is 1. The zero-order valence-corrected chi connectivity index (χ0v) is 15.8. The van der Waals surface area contributed by atoms with Gasteiger partial charge in [0.25, 0.3) is 0 Å². The second kappa shape index (κ2) is 8.61. The van der Waals surface area contributed by atoms with Gasteiger partial charge in [-0.15, -0.1) is 0 Å². The Morgan fingerprint density at radius 1 is 1.11 bits per heavy atom. The van der Waals surface area contributed by atoms with Crippen LogP contribution in [0.25, 0.3) is 0 Å². The van der Waals surface area contributed by atoms with E-state index in [0.717, 1.165) is 36.4 Å². The maximum absolute atomic E-state index is 13.0. The molecule has 0 radical (unpaired) electrons. The first kappa shape index (κ1) is 18.7. The third-order valence-corrected chi connectivity index (χ3v) is 5.32. The van der Waals surface area contributed by atoms with Crippen LogP contribution in [0.2, 0.25) is 0 Å². The topological polar surface area (TPSA) is 50.8 Å². The highest BCUT2D eigenvalue weighted by atomic mass is 19.1. The number of halogens is 1. The lowest BCUT2D eigenvalue weighted by Gasteiger charge is -2.32. The van der Waals surface area contributed by atoms with Crippen molar-refractivity contribution >= 4 is 5.91 Å². The third kappa shape index (κ3) is 4.44. The number of rotatable bonds is 7. The fourth-order valence-electron chi connectivity index (χ4n) is 3.82. The number of carbonyl (C=O) groups excluding carboxylic acids is 1. The maximum atomic E-state index is 13.0. The first-order valence-corrected chi connectivity index (χ1v) is 9.82. The normalized spacial score (nSPS) is 21.2. The van der Waals surface area contributed by atoms with E-state index >= 15 is 0 Å². The standard InChI is InChI=1S/C22H25FN2O3/c23-17-7-5-16(6-8-17)13-24-12-11-18-9-10-22(26)25(18)14-19-15-27-20-3-1-2-4-21(20)28-19/h1-8,18-19,24H,9-15H2/t18-,19+/m0/s1. The lowest BCUT2D eigenvalue weighted by molar-refractivity contribution is -0.130. The average Bonchev–Trinajstić information content (AvgIpc) is 3.06. The van der Waals surface area contributed by atoms with Crippen LogP contribution in [0.5, 0.6) is 11.5 Å². The number of nitrogens with one attached hydrogen (secondary N) is 1. The number of carbonyl (C=O) groups is 1. The first-order chi connectivity index (χ1) is 13.7. The van der Waals surface area contributed by atoms with Crippen LogP contribution in [-0.4, -0.2) is 42.6 Å². The number of benzene rings is 2. The molecular formula is C22H25FN2O3. The van der Waals surface area contributed by atoms with Gasteiger partial charge in [-0.05, 0) is 49.2 Å². The van der Waals surface area contributed by atoms with E-state index in [1.807, 2.05) is 29.2 Å². The molecule has 2 heterocycles. The van der Waals surface area contributed by atoms with Crippen molar-refractivity contribution in [1.29, 1.82) is 0 Å². The van der Waals surface area contributed by atoms with Crippen LogP contribution in [0.3, 0.4) is 0 Å². The van der Waals surface area contributed by atoms with E-state index in [9.17, 15) is 9.18 Å². The fraction of sp³-hybridized carbons (Fsp3) is 0.409. The van der Waals surface area contributed by atoms with Gasteiger partial charge in [0, 0.05) is 19.0 Å². The number of hydrogen-bond donors (Lipinski definition) is 1. The lowest BCUT2D eigenvalue weighted by atomic mass is 10.1. The van der Waals surface area contributed by atoms with Gasteiger partial charge >= 0.3 is 0 Å². The molecule has 0 unspecified atom stereocenters. The Hall–Kier alpha value is -2.60. The number of para-hydroxylation sites is 2. The van der Waals surface area contributed by atoms with Crippen molar-refractivity contribution in [3.63, 3.8) is 0 Å². The van der Waals surface area contributed by atoms with Gasteiger partial charge in [-0.3, -0.25) is 4.79 Å². The molecule has 1 saturated heterocycles. The van der Waals surface area contributed by atoms with Crippen LogP contribution in [0.4, 0.5) is 4.39 Å². The molecule has 0 bridgehead atoms. The molecule has 0 aromatic heterocycles. The zero-order valence-electron chi connectivity index (χ0n) is 15.8. The Kier molecular flexibility index (Phi) is 5.76. The second-order valence-electron chi connectivity index (χ2n) is 7.33. The number of nitrogens with zero attached hydrogens (tertiary/aromatic N) is 1.